The lowest BCUT2D eigenvalue weighted by Gasteiger charge is -2.17. The summed E-state index contributed by atoms with van der Waals surface area (Å²) in [5.41, 5.74) is 5.43. The third-order valence-electron chi connectivity index (χ3n) is 1.68. The highest BCUT2D eigenvalue weighted by atomic mass is 15.1. The predicted molar refractivity (Wildman–Crippen MR) is 53.9 cm³/mol. The zero-order valence-electron chi connectivity index (χ0n) is 8.27. The smallest absolute Gasteiger partial charge is 0.0217 e. The molecule has 0 bridgehead atoms. The summed E-state index contributed by atoms with van der Waals surface area (Å²) >= 11 is 0. The highest BCUT2D eigenvalue weighted by molar-refractivity contribution is 5.01. The van der Waals surface area contributed by atoms with Crippen molar-refractivity contribution in [3.8, 4) is 11.8 Å². The van der Waals surface area contributed by atoms with E-state index in [0.29, 0.717) is 0 Å². The minimum absolute atomic E-state index is 0.764. The summed E-state index contributed by atoms with van der Waals surface area (Å²) in [4.78, 5) is 2.35. The first-order chi connectivity index (χ1) is 5.93. The van der Waals surface area contributed by atoms with Gasteiger partial charge in [0.05, 0.1) is 0 Å². The van der Waals surface area contributed by atoms with Crippen LogP contribution in [0.5, 0.6) is 0 Å². The van der Waals surface area contributed by atoms with E-state index in [4.69, 9.17) is 5.73 Å². The van der Waals surface area contributed by atoms with Crippen LogP contribution in [0, 0.1) is 11.8 Å². The van der Waals surface area contributed by atoms with Crippen molar-refractivity contribution in [2.75, 3.05) is 26.2 Å². The van der Waals surface area contributed by atoms with Gasteiger partial charge in [0.15, 0.2) is 0 Å². The fraction of sp³-hybridized carbons (Fsp3) is 0.800. The second-order valence-corrected chi connectivity index (χ2v) is 2.48. The van der Waals surface area contributed by atoms with Crippen LogP contribution >= 0.6 is 0 Å². The van der Waals surface area contributed by atoms with Crippen LogP contribution in [0.4, 0.5) is 0 Å². The molecule has 2 nitrogen and oxygen atoms in total. The average molecular weight is 168 g/mol. The first kappa shape index (κ1) is 11.5. The lowest BCUT2D eigenvalue weighted by Crippen LogP contribution is -2.30. The third-order valence-corrected chi connectivity index (χ3v) is 1.68. The Balaban J connectivity index is 0.000000561. The molecule has 2 N–H and O–H groups in total. The van der Waals surface area contributed by atoms with Gasteiger partial charge in [-0.05, 0) is 0 Å². The van der Waals surface area contributed by atoms with E-state index in [-0.39, 0.29) is 0 Å². The molecule has 1 heterocycles. The molecule has 1 rings (SSSR count). The minimum Gasteiger partial charge on any atom is -0.329 e. The van der Waals surface area contributed by atoms with Crippen molar-refractivity contribution >= 4 is 0 Å². The Morgan fingerprint density at radius 1 is 1.17 bits per heavy atom. The van der Waals surface area contributed by atoms with E-state index in [2.05, 4.69) is 16.7 Å². The highest BCUT2D eigenvalue weighted by Gasteiger charge is 2.02. The fourth-order valence-electron chi connectivity index (χ4n) is 1.12. The van der Waals surface area contributed by atoms with E-state index in [1.165, 1.54) is 0 Å². The Morgan fingerprint density at radius 3 is 2.08 bits per heavy atom. The molecule has 0 amide bonds. The molecule has 0 radical (unpaired) electrons. The Hall–Kier alpha value is -0.520. The van der Waals surface area contributed by atoms with Crippen molar-refractivity contribution in [2.45, 2.75) is 26.7 Å². The predicted octanol–water partition coefficient (Wildman–Crippen LogP) is 1.07. The molecule has 0 saturated carbocycles. The van der Waals surface area contributed by atoms with Gasteiger partial charge in [0, 0.05) is 39.0 Å². The lowest BCUT2D eigenvalue weighted by atomic mass is 10.4. The first-order valence-electron chi connectivity index (χ1n) is 4.81. The standard InChI is InChI=1S/C8H14N2.C2H6/c9-5-8-10-6-3-1-2-4-7-10;1-2/h3-9H2;1-2H3. The molecule has 12 heavy (non-hydrogen) atoms. The number of nitrogens with zero attached hydrogens (tertiary/aromatic N) is 1. The second kappa shape index (κ2) is 8.58. The van der Waals surface area contributed by atoms with Crippen LogP contribution in [-0.2, 0) is 0 Å². The van der Waals surface area contributed by atoms with Crippen LogP contribution in [0.15, 0.2) is 0 Å². The second-order valence-electron chi connectivity index (χ2n) is 2.48. The van der Waals surface area contributed by atoms with E-state index in [1.54, 1.807) is 0 Å². The lowest BCUT2D eigenvalue weighted by molar-refractivity contribution is 0.298. The van der Waals surface area contributed by atoms with Gasteiger partial charge in [0.1, 0.15) is 0 Å². The van der Waals surface area contributed by atoms with Crippen molar-refractivity contribution in [1.82, 2.24) is 4.90 Å². The van der Waals surface area contributed by atoms with Crippen LogP contribution < -0.4 is 5.73 Å². The summed E-state index contributed by atoms with van der Waals surface area (Å²) in [5.74, 6) is 6.21. The SMILES string of the molecule is CC.NCCN1CCC#CCC1. The summed E-state index contributed by atoms with van der Waals surface area (Å²) in [6.07, 6.45) is 2.03. The molecule has 0 aliphatic carbocycles. The maximum atomic E-state index is 5.43. The van der Waals surface area contributed by atoms with Crippen molar-refractivity contribution in [1.29, 1.82) is 0 Å². The summed E-state index contributed by atoms with van der Waals surface area (Å²) in [6, 6.07) is 0. The third kappa shape index (κ3) is 5.17. The van der Waals surface area contributed by atoms with E-state index in [0.717, 1.165) is 39.0 Å². The molecule has 0 atom stereocenters. The van der Waals surface area contributed by atoms with Crippen LogP contribution in [0.25, 0.3) is 0 Å². The molecular weight excluding hydrogens is 148 g/mol. The maximum Gasteiger partial charge on any atom is 0.0217 e. The molecule has 0 aromatic rings. The van der Waals surface area contributed by atoms with Gasteiger partial charge in [-0.25, -0.2) is 0 Å². The van der Waals surface area contributed by atoms with Crippen LogP contribution in [0.1, 0.15) is 26.7 Å². The largest absolute Gasteiger partial charge is 0.329 e. The summed E-state index contributed by atoms with van der Waals surface area (Å²) in [7, 11) is 0. The Morgan fingerprint density at radius 2 is 1.67 bits per heavy atom. The van der Waals surface area contributed by atoms with Crippen LogP contribution in [0.2, 0.25) is 0 Å². The van der Waals surface area contributed by atoms with E-state index in [1.807, 2.05) is 13.8 Å². The zero-order valence-corrected chi connectivity index (χ0v) is 8.27. The molecule has 2 heteroatoms. The molecule has 0 saturated heterocycles. The van der Waals surface area contributed by atoms with Gasteiger partial charge in [0.2, 0.25) is 0 Å². The molecule has 0 aromatic heterocycles. The first-order valence-corrected chi connectivity index (χ1v) is 4.81. The normalized spacial score (nSPS) is 16.6. The van der Waals surface area contributed by atoms with E-state index < -0.39 is 0 Å². The van der Waals surface area contributed by atoms with Crippen molar-refractivity contribution in [3.63, 3.8) is 0 Å². The van der Waals surface area contributed by atoms with Crippen molar-refractivity contribution in [2.24, 2.45) is 5.73 Å². The average Bonchev–Trinajstić information content (AvgIpc) is 2.37. The summed E-state index contributed by atoms with van der Waals surface area (Å²) in [6.45, 7) is 7.98. The van der Waals surface area contributed by atoms with Gasteiger partial charge in [-0.15, -0.1) is 11.8 Å². The molecule has 70 valence electrons. The molecule has 1 aliphatic rings. The quantitative estimate of drug-likeness (QED) is 0.625. The Bertz CT molecular complexity index is 132. The van der Waals surface area contributed by atoms with Crippen molar-refractivity contribution in [3.05, 3.63) is 0 Å². The number of hydrogen-bond acceptors (Lipinski definition) is 2. The van der Waals surface area contributed by atoms with Gasteiger partial charge >= 0.3 is 0 Å². The van der Waals surface area contributed by atoms with E-state index in [9.17, 15) is 0 Å². The molecule has 0 unspecified atom stereocenters. The van der Waals surface area contributed by atoms with Gasteiger partial charge in [-0.2, -0.15) is 0 Å². The maximum absolute atomic E-state index is 5.43. The van der Waals surface area contributed by atoms with Crippen LogP contribution in [0.3, 0.4) is 0 Å². The zero-order chi connectivity index (χ0) is 9.23. The molecule has 1 aliphatic heterocycles. The van der Waals surface area contributed by atoms with Crippen molar-refractivity contribution < 1.29 is 0 Å². The van der Waals surface area contributed by atoms with Gasteiger partial charge in [0.25, 0.3) is 0 Å². The van der Waals surface area contributed by atoms with Crippen LogP contribution in [-0.4, -0.2) is 31.1 Å². The monoisotopic (exact) mass is 168 g/mol. The highest BCUT2D eigenvalue weighted by Crippen LogP contribution is 1.95. The Kier molecular flexibility index (Phi) is 8.20. The molecular formula is C10H20N2. The van der Waals surface area contributed by atoms with Gasteiger partial charge in [-0.3, -0.25) is 0 Å². The number of nitrogens with two attached hydrogens (primary N) is 1. The Labute approximate surface area is 76.1 Å². The fourth-order valence-corrected chi connectivity index (χ4v) is 1.12. The minimum atomic E-state index is 0.764. The summed E-state index contributed by atoms with van der Waals surface area (Å²) in [5, 5.41) is 0. The van der Waals surface area contributed by atoms with Gasteiger partial charge in [-0.1, -0.05) is 13.8 Å². The molecule has 0 fully saturated rings. The van der Waals surface area contributed by atoms with E-state index >= 15 is 0 Å². The van der Waals surface area contributed by atoms with Gasteiger partial charge < -0.3 is 10.6 Å². The summed E-state index contributed by atoms with van der Waals surface area (Å²) < 4.78 is 0. The topological polar surface area (TPSA) is 29.3 Å². The molecule has 0 spiro atoms. The number of hydrogen-bond donors (Lipinski definition) is 1. The molecule has 0 aromatic carbocycles. The number of rotatable bonds is 2.